The summed E-state index contributed by atoms with van der Waals surface area (Å²) in [7, 11) is 0. The molecule has 0 saturated heterocycles. The first-order chi connectivity index (χ1) is 12.2. The molecule has 26 heavy (non-hydrogen) atoms. The fraction of sp³-hybridized carbons (Fsp3) is 0.333. The highest BCUT2D eigenvalue weighted by Crippen LogP contribution is 2.22. The number of nitrogens with one attached hydrogen (secondary N) is 2. The Morgan fingerprint density at radius 2 is 1.77 bits per heavy atom. The maximum Gasteiger partial charge on any atom is 0.251 e. The highest BCUT2D eigenvalue weighted by Gasteiger charge is 2.30. The summed E-state index contributed by atoms with van der Waals surface area (Å²) in [6, 6.07) is 14.4. The Bertz CT molecular complexity index is 783. The molecule has 0 fully saturated rings. The lowest BCUT2D eigenvalue weighted by Crippen LogP contribution is -2.45. The average molecular weight is 353 g/mol. The molecule has 4 N–H and O–H groups in total. The lowest BCUT2D eigenvalue weighted by atomic mass is 9.92. The minimum absolute atomic E-state index is 0.118. The number of nitrogens with two attached hydrogens (primary N) is 1. The van der Waals surface area contributed by atoms with E-state index >= 15 is 0 Å². The largest absolute Gasteiger partial charge is 0.352 e. The third-order valence-electron chi connectivity index (χ3n) is 4.25. The molecule has 2 amide bonds. The zero-order valence-corrected chi connectivity index (χ0v) is 15.8. The zero-order chi connectivity index (χ0) is 19.3. The third-order valence-corrected chi connectivity index (χ3v) is 4.25. The Morgan fingerprint density at radius 3 is 2.35 bits per heavy atom. The van der Waals surface area contributed by atoms with E-state index in [4.69, 9.17) is 5.73 Å². The van der Waals surface area contributed by atoms with Crippen molar-refractivity contribution in [2.75, 3.05) is 11.9 Å². The summed E-state index contributed by atoms with van der Waals surface area (Å²) in [4.78, 5) is 24.8. The standard InChI is InChI=1S/C21H27N3O2/c1-14(2)13-23-19(25)16-10-11-18(15(3)12-16)24-20(26)21(4,22)17-8-6-5-7-9-17/h5-12,14H,13,22H2,1-4H3,(H,23,25)(H,24,26). The molecule has 0 aliphatic carbocycles. The van der Waals surface area contributed by atoms with Gasteiger partial charge in [-0.2, -0.15) is 0 Å². The Labute approximate surface area is 155 Å². The van der Waals surface area contributed by atoms with Gasteiger partial charge in [0, 0.05) is 17.8 Å². The smallest absolute Gasteiger partial charge is 0.251 e. The van der Waals surface area contributed by atoms with Crippen LogP contribution >= 0.6 is 0 Å². The molecule has 0 radical (unpaired) electrons. The first-order valence-corrected chi connectivity index (χ1v) is 8.76. The molecule has 2 aromatic rings. The SMILES string of the molecule is Cc1cc(C(=O)NCC(C)C)ccc1NC(=O)C(C)(N)c1ccccc1. The summed E-state index contributed by atoms with van der Waals surface area (Å²) in [6.45, 7) is 8.24. The first-order valence-electron chi connectivity index (χ1n) is 8.76. The van der Waals surface area contributed by atoms with E-state index in [2.05, 4.69) is 10.6 Å². The third kappa shape index (κ3) is 4.70. The van der Waals surface area contributed by atoms with Crippen LogP contribution in [0.5, 0.6) is 0 Å². The number of amides is 2. The van der Waals surface area contributed by atoms with Gasteiger partial charge in [0.15, 0.2) is 0 Å². The highest BCUT2D eigenvalue weighted by molar-refractivity contribution is 6.00. The number of carbonyl (C=O) groups excluding carboxylic acids is 2. The number of rotatable bonds is 6. The van der Waals surface area contributed by atoms with Crippen molar-refractivity contribution in [3.8, 4) is 0 Å². The molecule has 2 rings (SSSR count). The summed E-state index contributed by atoms with van der Waals surface area (Å²) >= 11 is 0. The van der Waals surface area contributed by atoms with Gasteiger partial charge in [0.25, 0.3) is 5.91 Å². The number of hydrogen-bond donors (Lipinski definition) is 3. The molecule has 5 nitrogen and oxygen atoms in total. The number of benzene rings is 2. The molecule has 0 aromatic heterocycles. The van der Waals surface area contributed by atoms with Crippen molar-refractivity contribution < 1.29 is 9.59 Å². The minimum Gasteiger partial charge on any atom is -0.352 e. The maximum absolute atomic E-state index is 12.7. The predicted octanol–water partition coefficient (Wildman–Crippen LogP) is 3.19. The molecule has 0 aliphatic heterocycles. The van der Waals surface area contributed by atoms with Gasteiger partial charge >= 0.3 is 0 Å². The van der Waals surface area contributed by atoms with Crippen LogP contribution in [0, 0.1) is 12.8 Å². The van der Waals surface area contributed by atoms with Crippen LogP contribution in [0.2, 0.25) is 0 Å². The van der Waals surface area contributed by atoms with Gasteiger partial charge < -0.3 is 16.4 Å². The molecular weight excluding hydrogens is 326 g/mol. The van der Waals surface area contributed by atoms with E-state index in [9.17, 15) is 9.59 Å². The van der Waals surface area contributed by atoms with Crippen molar-refractivity contribution in [1.82, 2.24) is 5.32 Å². The van der Waals surface area contributed by atoms with Gasteiger partial charge in [-0.15, -0.1) is 0 Å². The molecule has 0 spiro atoms. The van der Waals surface area contributed by atoms with Crippen molar-refractivity contribution in [2.45, 2.75) is 33.2 Å². The van der Waals surface area contributed by atoms with E-state index in [0.29, 0.717) is 23.7 Å². The molecule has 0 bridgehead atoms. The summed E-state index contributed by atoms with van der Waals surface area (Å²) in [5, 5.41) is 5.76. The van der Waals surface area contributed by atoms with E-state index < -0.39 is 5.54 Å². The summed E-state index contributed by atoms with van der Waals surface area (Å²) < 4.78 is 0. The number of carbonyl (C=O) groups is 2. The summed E-state index contributed by atoms with van der Waals surface area (Å²) in [5.74, 6) is -0.0322. The summed E-state index contributed by atoms with van der Waals surface area (Å²) in [6.07, 6.45) is 0. The van der Waals surface area contributed by atoms with Gasteiger partial charge in [0.1, 0.15) is 5.54 Å². The van der Waals surface area contributed by atoms with E-state index in [-0.39, 0.29) is 11.8 Å². The highest BCUT2D eigenvalue weighted by atomic mass is 16.2. The van der Waals surface area contributed by atoms with Crippen LogP contribution in [0.25, 0.3) is 0 Å². The van der Waals surface area contributed by atoms with Crippen LogP contribution in [0.4, 0.5) is 5.69 Å². The van der Waals surface area contributed by atoms with Crippen LogP contribution in [-0.4, -0.2) is 18.4 Å². The zero-order valence-electron chi connectivity index (χ0n) is 15.8. The Kier molecular flexibility index (Phi) is 6.16. The fourth-order valence-corrected chi connectivity index (χ4v) is 2.51. The summed E-state index contributed by atoms with van der Waals surface area (Å²) in [5.41, 5.74) is 7.85. The predicted molar refractivity (Wildman–Crippen MR) is 105 cm³/mol. The van der Waals surface area contributed by atoms with Crippen LogP contribution < -0.4 is 16.4 Å². The fourth-order valence-electron chi connectivity index (χ4n) is 2.51. The van der Waals surface area contributed by atoms with E-state index in [1.54, 1.807) is 25.1 Å². The van der Waals surface area contributed by atoms with Gasteiger partial charge in [0.2, 0.25) is 5.91 Å². The quantitative estimate of drug-likeness (QED) is 0.746. The Balaban J connectivity index is 2.12. The lowest BCUT2D eigenvalue weighted by molar-refractivity contribution is -0.120. The second kappa shape index (κ2) is 8.15. The molecule has 138 valence electrons. The van der Waals surface area contributed by atoms with Crippen molar-refractivity contribution in [2.24, 2.45) is 11.7 Å². The Hall–Kier alpha value is -2.66. The number of anilines is 1. The van der Waals surface area contributed by atoms with Gasteiger partial charge in [-0.1, -0.05) is 44.2 Å². The molecular formula is C21H27N3O2. The maximum atomic E-state index is 12.7. The minimum atomic E-state index is -1.15. The monoisotopic (exact) mass is 353 g/mol. The number of aryl methyl sites for hydroxylation is 1. The van der Waals surface area contributed by atoms with Crippen molar-refractivity contribution in [3.05, 3.63) is 65.2 Å². The van der Waals surface area contributed by atoms with E-state index in [1.807, 2.05) is 51.1 Å². The molecule has 0 saturated carbocycles. The van der Waals surface area contributed by atoms with Crippen LogP contribution in [0.15, 0.2) is 48.5 Å². The van der Waals surface area contributed by atoms with Gasteiger partial charge in [-0.05, 0) is 49.1 Å². The van der Waals surface area contributed by atoms with Gasteiger partial charge in [0.05, 0.1) is 0 Å². The van der Waals surface area contributed by atoms with Crippen LogP contribution in [-0.2, 0) is 10.3 Å². The molecule has 2 aromatic carbocycles. The van der Waals surface area contributed by atoms with Crippen molar-refractivity contribution in [3.63, 3.8) is 0 Å². The molecule has 0 aliphatic rings. The molecule has 1 unspecified atom stereocenters. The normalized spacial score (nSPS) is 13.2. The second-order valence-corrected chi connectivity index (χ2v) is 7.16. The van der Waals surface area contributed by atoms with Crippen molar-refractivity contribution in [1.29, 1.82) is 0 Å². The topological polar surface area (TPSA) is 84.2 Å². The van der Waals surface area contributed by atoms with Crippen LogP contribution in [0.3, 0.4) is 0 Å². The lowest BCUT2D eigenvalue weighted by Gasteiger charge is -2.24. The molecule has 1 atom stereocenters. The van der Waals surface area contributed by atoms with E-state index in [0.717, 1.165) is 11.1 Å². The van der Waals surface area contributed by atoms with E-state index in [1.165, 1.54) is 0 Å². The average Bonchev–Trinajstić information content (AvgIpc) is 2.61. The van der Waals surface area contributed by atoms with Crippen LogP contribution in [0.1, 0.15) is 42.3 Å². The molecule has 0 heterocycles. The number of hydrogen-bond acceptors (Lipinski definition) is 3. The first kappa shape index (κ1) is 19.7. The molecule has 5 heteroatoms. The van der Waals surface area contributed by atoms with Gasteiger partial charge in [-0.3, -0.25) is 9.59 Å². The second-order valence-electron chi connectivity index (χ2n) is 7.16. The Morgan fingerprint density at radius 1 is 1.12 bits per heavy atom. The van der Waals surface area contributed by atoms with Crippen molar-refractivity contribution >= 4 is 17.5 Å². The van der Waals surface area contributed by atoms with Gasteiger partial charge in [-0.25, -0.2) is 0 Å².